The van der Waals surface area contributed by atoms with E-state index in [0.29, 0.717) is 10.2 Å². The van der Waals surface area contributed by atoms with Gasteiger partial charge in [0.05, 0.1) is 5.39 Å². The lowest BCUT2D eigenvalue weighted by atomic mass is 10.2. The molecular weight excluding hydrogens is 250 g/mol. The van der Waals surface area contributed by atoms with Crippen molar-refractivity contribution in [3.05, 3.63) is 45.4 Å². The molecule has 0 aliphatic carbocycles. The van der Waals surface area contributed by atoms with Crippen LogP contribution in [0.15, 0.2) is 35.1 Å². The third-order valence-electron chi connectivity index (χ3n) is 2.98. The summed E-state index contributed by atoms with van der Waals surface area (Å²) in [7, 11) is 1.84. The van der Waals surface area contributed by atoms with Gasteiger partial charge in [0.2, 0.25) is 0 Å². The number of carboxylic acid groups (broad SMARTS) is 1. The van der Waals surface area contributed by atoms with E-state index < -0.39 is 5.97 Å². The van der Waals surface area contributed by atoms with Crippen molar-refractivity contribution in [3.8, 4) is 0 Å². The SMILES string of the molecule is Cn1c2ccccc2c2c(=O)cc(C(=O)O)sc21. The quantitative estimate of drug-likeness (QED) is 0.730. The number of fused-ring (bicyclic) bond motifs is 3. The van der Waals surface area contributed by atoms with Crippen LogP contribution in [0.4, 0.5) is 0 Å². The standard InChI is InChI=1S/C13H9NO3S/c1-14-8-5-3-2-4-7(8)11-9(15)6-10(13(16)17)18-12(11)14/h2-6H,1H3,(H,16,17). The lowest BCUT2D eigenvalue weighted by Crippen LogP contribution is -2.04. The molecule has 0 aliphatic heterocycles. The summed E-state index contributed by atoms with van der Waals surface area (Å²) in [5.74, 6) is -1.07. The Balaban J connectivity index is 2.60. The molecule has 0 radical (unpaired) electrons. The van der Waals surface area contributed by atoms with Crippen LogP contribution in [-0.4, -0.2) is 15.6 Å². The minimum atomic E-state index is -1.07. The normalized spacial score (nSPS) is 11.2. The molecule has 0 amide bonds. The predicted octanol–water partition coefficient (Wildman–Crippen LogP) is 2.45. The van der Waals surface area contributed by atoms with Crippen molar-refractivity contribution in [1.29, 1.82) is 0 Å². The van der Waals surface area contributed by atoms with Crippen LogP contribution in [0.3, 0.4) is 0 Å². The number of nitrogens with zero attached hydrogens (tertiary/aromatic N) is 1. The minimum Gasteiger partial charge on any atom is -0.477 e. The molecule has 4 nitrogen and oxygen atoms in total. The maximum Gasteiger partial charge on any atom is 0.346 e. The summed E-state index contributed by atoms with van der Waals surface area (Å²) in [5, 5.41) is 10.5. The highest BCUT2D eigenvalue weighted by Crippen LogP contribution is 2.29. The maximum atomic E-state index is 12.1. The number of aromatic carboxylic acids is 1. The Hall–Kier alpha value is -2.14. The molecule has 1 N–H and O–H groups in total. The molecule has 0 saturated heterocycles. The number of benzene rings is 1. The Morgan fingerprint density at radius 3 is 2.78 bits per heavy atom. The summed E-state index contributed by atoms with van der Waals surface area (Å²) in [5.41, 5.74) is 0.696. The molecule has 2 aromatic heterocycles. The molecule has 0 saturated carbocycles. The van der Waals surface area contributed by atoms with Gasteiger partial charge in [-0.1, -0.05) is 18.2 Å². The number of hydrogen-bond acceptors (Lipinski definition) is 3. The summed E-state index contributed by atoms with van der Waals surface area (Å²) in [6.45, 7) is 0. The maximum absolute atomic E-state index is 12.1. The van der Waals surface area contributed by atoms with E-state index in [9.17, 15) is 9.59 Å². The van der Waals surface area contributed by atoms with Gasteiger partial charge in [0, 0.05) is 24.0 Å². The Kier molecular flexibility index (Phi) is 2.24. The van der Waals surface area contributed by atoms with Gasteiger partial charge < -0.3 is 9.67 Å². The third-order valence-corrected chi connectivity index (χ3v) is 4.16. The lowest BCUT2D eigenvalue weighted by Gasteiger charge is -1.97. The van der Waals surface area contributed by atoms with Gasteiger partial charge in [-0.15, -0.1) is 11.3 Å². The first-order valence-electron chi connectivity index (χ1n) is 5.34. The van der Waals surface area contributed by atoms with Gasteiger partial charge in [-0.25, -0.2) is 4.79 Å². The van der Waals surface area contributed by atoms with Crippen LogP contribution < -0.4 is 5.43 Å². The summed E-state index contributed by atoms with van der Waals surface area (Å²) < 4.78 is 1.86. The largest absolute Gasteiger partial charge is 0.477 e. The highest BCUT2D eigenvalue weighted by atomic mass is 32.1. The second kappa shape index (κ2) is 3.68. The zero-order valence-corrected chi connectivity index (χ0v) is 10.3. The smallest absolute Gasteiger partial charge is 0.346 e. The molecule has 90 valence electrons. The van der Waals surface area contributed by atoms with Crippen molar-refractivity contribution in [2.45, 2.75) is 0 Å². The molecule has 0 bridgehead atoms. The van der Waals surface area contributed by atoms with Crippen molar-refractivity contribution in [1.82, 2.24) is 4.57 Å². The fourth-order valence-electron chi connectivity index (χ4n) is 2.16. The zero-order valence-electron chi connectivity index (χ0n) is 9.51. The van der Waals surface area contributed by atoms with Crippen LogP contribution >= 0.6 is 11.3 Å². The van der Waals surface area contributed by atoms with Crippen molar-refractivity contribution < 1.29 is 9.90 Å². The summed E-state index contributed by atoms with van der Waals surface area (Å²) in [6, 6.07) is 8.77. The first kappa shape index (κ1) is 11.0. The third kappa shape index (κ3) is 1.37. The van der Waals surface area contributed by atoms with E-state index in [4.69, 9.17) is 5.11 Å². The van der Waals surface area contributed by atoms with Crippen molar-refractivity contribution >= 4 is 38.4 Å². The topological polar surface area (TPSA) is 59.3 Å². The van der Waals surface area contributed by atoms with Crippen LogP contribution in [0.25, 0.3) is 21.1 Å². The first-order chi connectivity index (χ1) is 8.59. The van der Waals surface area contributed by atoms with Crippen LogP contribution in [-0.2, 0) is 7.05 Å². The minimum absolute atomic E-state index is 0.0680. The molecule has 5 heteroatoms. The van der Waals surface area contributed by atoms with E-state index in [1.165, 1.54) is 6.07 Å². The van der Waals surface area contributed by atoms with E-state index in [1.54, 1.807) is 0 Å². The average molecular weight is 259 g/mol. The Labute approximate surface area is 106 Å². The van der Waals surface area contributed by atoms with Crippen molar-refractivity contribution in [3.63, 3.8) is 0 Å². The van der Waals surface area contributed by atoms with Gasteiger partial charge >= 0.3 is 5.97 Å². The number of aromatic nitrogens is 1. The van der Waals surface area contributed by atoms with E-state index in [2.05, 4.69) is 0 Å². The Morgan fingerprint density at radius 2 is 2.06 bits per heavy atom. The molecule has 3 rings (SSSR count). The fourth-order valence-corrected chi connectivity index (χ4v) is 3.17. The van der Waals surface area contributed by atoms with Gasteiger partial charge in [0.15, 0.2) is 5.43 Å². The molecule has 0 aliphatic rings. The number of hydrogen-bond donors (Lipinski definition) is 1. The molecule has 1 aromatic carbocycles. The molecule has 0 fully saturated rings. The van der Waals surface area contributed by atoms with E-state index in [0.717, 1.165) is 22.2 Å². The van der Waals surface area contributed by atoms with E-state index >= 15 is 0 Å². The molecule has 2 heterocycles. The molecule has 0 unspecified atom stereocenters. The number of para-hydroxylation sites is 1. The number of carbonyl (C=O) groups is 1. The van der Waals surface area contributed by atoms with Crippen LogP contribution in [0.2, 0.25) is 0 Å². The van der Waals surface area contributed by atoms with Crippen LogP contribution in [0.1, 0.15) is 9.67 Å². The number of carboxylic acids is 1. The summed E-state index contributed by atoms with van der Waals surface area (Å²) >= 11 is 1.12. The molecular formula is C13H9NO3S. The first-order valence-corrected chi connectivity index (χ1v) is 6.16. The second-order valence-corrected chi connectivity index (χ2v) is 5.07. The van der Waals surface area contributed by atoms with Gasteiger partial charge in [0.25, 0.3) is 0 Å². The van der Waals surface area contributed by atoms with Crippen LogP contribution in [0.5, 0.6) is 0 Å². The van der Waals surface area contributed by atoms with E-state index in [1.807, 2.05) is 35.9 Å². The molecule has 3 aromatic rings. The molecule has 0 atom stereocenters. The fraction of sp³-hybridized carbons (Fsp3) is 0.0769. The average Bonchev–Trinajstić information content (AvgIpc) is 2.64. The monoisotopic (exact) mass is 259 g/mol. The number of aryl methyl sites for hydroxylation is 1. The second-order valence-electron chi connectivity index (χ2n) is 4.04. The van der Waals surface area contributed by atoms with Gasteiger partial charge in [0.1, 0.15) is 9.71 Å². The van der Waals surface area contributed by atoms with Gasteiger partial charge in [-0.05, 0) is 6.07 Å². The van der Waals surface area contributed by atoms with Gasteiger partial charge in [-0.3, -0.25) is 4.79 Å². The van der Waals surface area contributed by atoms with Crippen LogP contribution in [0, 0.1) is 0 Å². The highest BCUT2D eigenvalue weighted by Gasteiger charge is 2.15. The number of rotatable bonds is 1. The summed E-state index contributed by atoms with van der Waals surface area (Å²) in [6.07, 6.45) is 0. The Morgan fingerprint density at radius 1 is 1.33 bits per heavy atom. The molecule has 18 heavy (non-hydrogen) atoms. The Bertz CT molecular complexity index is 844. The highest BCUT2D eigenvalue weighted by molar-refractivity contribution is 7.19. The van der Waals surface area contributed by atoms with Crippen molar-refractivity contribution in [2.24, 2.45) is 7.05 Å². The van der Waals surface area contributed by atoms with Crippen molar-refractivity contribution in [2.75, 3.05) is 0 Å². The van der Waals surface area contributed by atoms with Gasteiger partial charge in [-0.2, -0.15) is 0 Å². The lowest BCUT2D eigenvalue weighted by molar-refractivity contribution is 0.0702. The predicted molar refractivity (Wildman–Crippen MR) is 71.5 cm³/mol. The zero-order chi connectivity index (χ0) is 12.9. The summed E-state index contributed by atoms with van der Waals surface area (Å²) in [4.78, 5) is 23.8. The molecule has 0 spiro atoms. The van der Waals surface area contributed by atoms with E-state index in [-0.39, 0.29) is 10.3 Å².